The standard InChI is InChI=1S/C28H16Cl2N4O4/c29-15-7-9-18(21(30)11-15)23-20(13-31)26(32)38-27-24(23)25(33-34(27)16-4-2-1-3-5-16)19-10-14-6-8-17(35)12-22(14)37-28(19)36/h1-12,23,35H,32H2. The number of para-hydroxylation sites is 1. The number of halogens is 2. The first-order valence-electron chi connectivity index (χ1n) is 11.3. The third-order valence-electron chi connectivity index (χ3n) is 6.30. The molecule has 0 bridgehead atoms. The van der Waals surface area contributed by atoms with Crippen LogP contribution < -0.4 is 16.1 Å². The highest BCUT2D eigenvalue weighted by Crippen LogP contribution is 2.49. The normalized spacial score (nSPS) is 14.7. The van der Waals surface area contributed by atoms with Crippen LogP contribution in [0.25, 0.3) is 27.9 Å². The summed E-state index contributed by atoms with van der Waals surface area (Å²) in [6.45, 7) is 0. The van der Waals surface area contributed by atoms with E-state index in [2.05, 4.69) is 6.07 Å². The molecule has 38 heavy (non-hydrogen) atoms. The molecule has 1 atom stereocenters. The van der Waals surface area contributed by atoms with Crippen LogP contribution in [-0.2, 0) is 0 Å². The van der Waals surface area contributed by atoms with Crippen LogP contribution in [0.15, 0.2) is 93.5 Å². The quantitative estimate of drug-likeness (QED) is 0.272. The molecular formula is C28H16Cl2N4O4. The Morgan fingerprint density at radius 1 is 1.05 bits per heavy atom. The van der Waals surface area contributed by atoms with Gasteiger partial charge in [-0.3, -0.25) is 0 Å². The van der Waals surface area contributed by atoms with E-state index >= 15 is 0 Å². The lowest BCUT2D eigenvalue weighted by Gasteiger charge is -2.25. The Morgan fingerprint density at radius 3 is 2.58 bits per heavy atom. The lowest BCUT2D eigenvalue weighted by atomic mass is 9.83. The Labute approximate surface area is 225 Å². The Morgan fingerprint density at radius 2 is 1.84 bits per heavy atom. The highest BCUT2D eigenvalue weighted by atomic mass is 35.5. The SMILES string of the molecule is N#CC1=C(N)Oc2c(c(-c3cc4ccc(O)cc4oc3=O)nn2-c2ccccc2)C1c1ccc(Cl)cc1Cl. The van der Waals surface area contributed by atoms with Gasteiger partial charge in [-0.05, 0) is 48.0 Å². The van der Waals surface area contributed by atoms with E-state index < -0.39 is 11.5 Å². The summed E-state index contributed by atoms with van der Waals surface area (Å²) in [5, 5.41) is 26.0. The van der Waals surface area contributed by atoms with Crippen molar-refractivity contribution in [2.75, 3.05) is 0 Å². The van der Waals surface area contributed by atoms with Gasteiger partial charge in [0.25, 0.3) is 0 Å². The fraction of sp³-hybridized carbons (Fsp3) is 0.0357. The zero-order valence-electron chi connectivity index (χ0n) is 19.4. The van der Waals surface area contributed by atoms with Gasteiger partial charge in [-0.15, -0.1) is 0 Å². The molecule has 10 heteroatoms. The molecule has 0 aliphatic carbocycles. The lowest BCUT2D eigenvalue weighted by molar-refractivity contribution is 0.367. The Hall–Kier alpha value is -4.71. The molecule has 3 aromatic carbocycles. The molecule has 1 aliphatic heterocycles. The number of phenols is 1. The van der Waals surface area contributed by atoms with Gasteiger partial charge in [-0.1, -0.05) is 47.5 Å². The first-order chi connectivity index (χ1) is 18.4. The predicted octanol–water partition coefficient (Wildman–Crippen LogP) is 5.88. The highest BCUT2D eigenvalue weighted by molar-refractivity contribution is 6.35. The Kier molecular flexibility index (Phi) is 5.60. The molecule has 1 unspecified atom stereocenters. The Bertz CT molecular complexity index is 1890. The van der Waals surface area contributed by atoms with E-state index in [1.807, 2.05) is 30.3 Å². The van der Waals surface area contributed by atoms with Gasteiger partial charge in [0.2, 0.25) is 11.8 Å². The van der Waals surface area contributed by atoms with Crippen LogP contribution in [0.3, 0.4) is 0 Å². The third-order valence-corrected chi connectivity index (χ3v) is 6.86. The monoisotopic (exact) mass is 542 g/mol. The number of benzene rings is 3. The molecule has 0 spiro atoms. The van der Waals surface area contributed by atoms with Gasteiger partial charge in [0, 0.05) is 21.5 Å². The minimum atomic E-state index is -0.823. The van der Waals surface area contributed by atoms with Gasteiger partial charge in [0.15, 0.2) is 0 Å². The van der Waals surface area contributed by atoms with Crippen molar-refractivity contribution in [2.24, 2.45) is 5.73 Å². The predicted molar refractivity (Wildman–Crippen MR) is 142 cm³/mol. The smallest absolute Gasteiger partial charge is 0.345 e. The number of nitrogens with two attached hydrogens (primary N) is 1. The second-order valence-corrected chi connectivity index (χ2v) is 9.42. The number of fused-ring (bicyclic) bond motifs is 2. The van der Waals surface area contributed by atoms with Crippen molar-refractivity contribution in [3.05, 3.63) is 116 Å². The first kappa shape index (κ1) is 23.7. The van der Waals surface area contributed by atoms with Gasteiger partial charge < -0.3 is 20.0 Å². The summed E-state index contributed by atoms with van der Waals surface area (Å²) < 4.78 is 13.0. The second kappa shape index (κ2) is 8.99. The number of rotatable bonds is 3. The van der Waals surface area contributed by atoms with E-state index in [9.17, 15) is 15.2 Å². The number of nitrogens with zero attached hydrogens (tertiary/aromatic N) is 3. The molecule has 1 aliphatic rings. The fourth-order valence-corrected chi connectivity index (χ4v) is 5.11. The van der Waals surface area contributed by atoms with Crippen LogP contribution in [0.4, 0.5) is 0 Å². The maximum absolute atomic E-state index is 13.3. The zero-order chi connectivity index (χ0) is 26.6. The van der Waals surface area contributed by atoms with Crippen molar-refractivity contribution >= 4 is 34.2 Å². The van der Waals surface area contributed by atoms with E-state index in [4.69, 9.17) is 43.2 Å². The van der Waals surface area contributed by atoms with Crippen molar-refractivity contribution in [3.63, 3.8) is 0 Å². The molecular weight excluding hydrogens is 527 g/mol. The number of nitriles is 1. The number of aromatic nitrogens is 2. The number of ether oxygens (including phenoxy) is 1. The minimum Gasteiger partial charge on any atom is -0.508 e. The maximum Gasteiger partial charge on any atom is 0.345 e. The molecule has 6 rings (SSSR count). The molecule has 0 saturated heterocycles. The Balaban J connectivity index is 1.71. The summed E-state index contributed by atoms with van der Waals surface area (Å²) >= 11 is 12.8. The van der Waals surface area contributed by atoms with E-state index in [0.717, 1.165) is 0 Å². The molecule has 0 fully saturated rings. The van der Waals surface area contributed by atoms with E-state index in [-0.39, 0.29) is 39.9 Å². The van der Waals surface area contributed by atoms with Crippen LogP contribution in [0, 0.1) is 11.3 Å². The number of hydrogen-bond acceptors (Lipinski definition) is 7. The van der Waals surface area contributed by atoms with Crippen LogP contribution in [-0.4, -0.2) is 14.9 Å². The van der Waals surface area contributed by atoms with Crippen molar-refractivity contribution in [3.8, 4) is 34.6 Å². The van der Waals surface area contributed by atoms with E-state index in [1.165, 1.54) is 16.8 Å². The van der Waals surface area contributed by atoms with Crippen molar-refractivity contribution in [1.82, 2.24) is 9.78 Å². The second-order valence-electron chi connectivity index (χ2n) is 8.58. The average Bonchev–Trinajstić information content (AvgIpc) is 3.27. The molecule has 186 valence electrons. The minimum absolute atomic E-state index is 0.0377. The summed E-state index contributed by atoms with van der Waals surface area (Å²) in [7, 11) is 0. The largest absolute Gasteiger partial charge is 0.508 e. The third kappa shape index (κ3) is 3.77. The van der Waals surface area contributed by atoms with Crippen LogP contribution in [0.1, 0.15) is 17.0 Å². The summed E-state index contributed by atoms with van der Waals surface area (Å²) in [4.78, 5) is 13.3. The van der Waals surface area contributed by atoms with Crippen molar-refractivity contribution in [1.29, 1.82) is 5.26 Å². The number of hydrogen-bond donors (Lipinski definition) is 2. The molecule has 0 amide bonds. The molecule has 8 nitrogen and oxygen atoms in total. The van der Waals surface area contributed by atoms with Crippen LogP contribution in [0.5, 0.6) is 11.6 Å². The molecule has 0 saturated carbocycles. The maximum atomic E-state index is 13.3. The average molecular weight is 543 g/mol. The van der Waals surface area contributed by atoms with Crippen LogP contribution >= 0.6 is 23.2 Å². The number of phenolic OH excluding ortho intramolecular Hbond substituents is 1. The molecule has 5 aromatic rings. The van der Waals surface area contributed by atoms with Gasteiger partial charge in [-0.25, -0.2) is 4.79 Å². The van der Waals surface area contributed by atoms with Gasteiger partial charge >= 0.3 is 5.63 Å². The molecule has 2 aromatic heterocycles. The number of allylic oxidation sites excluding steroid dienone is 1. The summed E-state index contributed by atoms with van der Waals surface area (Å²) in [6, 6.07) is 22.3. The summed E-state index contributed by atoms with van der Waals surface area (Å²) in [5.74, 6) is -0.746. The molecule has 3 N–H and O–H groups in total. The zero-order valence-corrected chi connectivity index (χ0v) is 20.9. The number of aromatic hydroxyl groups is 1. The molecule has 0 radical (unpaired) electrons. The van der Waals surface area contributed by atoms with Gasteiger partial charge in [0.05, 0.1) is 22.7 Å². The van der Waals surface area contributed by atoms with Crippen molar-refractivity contribution < 1.29 is 14.3 Å². The lowest BCUT2D eigenvalue weighted by Crippen LogP contribution is -2.22. The van der Waals surface area contributed by atoms with Gasteiger partial charge in [0.1, 0.15) is 28.7 Å². The first-order valence-corrected chi connectivity index (χ1v) is 12.1. The van der Waals surface area contributed by atoms with E-state index in [1.54, 1.807) is 30.3 Å². The van der Waals surface area contributed by atoms with Crippen molar-refractivity contribution in [2.45, 2.75) is 5.92 Å². The van der Waals surface area contributed by atoms with Crippen LogP contribution in [0.2, 0.25) is 10.0 Å². The topological polar surface area (TPSA) is 127 Å². The molecule has 3 heterocycles. The van der Waals surface area contributed by atoms with Gasteiger partial charge in [-0.2, -0.15) is 15.0 Å². The van der Waals surface area contributed by atoms with E-state index in [0.29, 0.717) is 32.2 Å². The summed E-state index contributed by atoms with van der Waals surface area (Å²) in [6.07, 6.45) is 0. The summed E-state index contributed by atoms with van der Waals surface area (Å²) in [5.41, 5.74) is 7.81. The highest BCUT2D eigenvalue weighted by Gasteiger charge is 2.39. The fourth-order valence-electron chi connectivity index (χ4n) is 4.59.